The van der Waals surface area contributed by atoms with Crippen molar-refractivity contribution in [2.75, 3.05) is 47.6 Å². The number of likely N-dealkylation sites (N-methyl/N-ethyl adjacent to an activating group) is 1. The molecule has 0 saturated carbocycles. The molecule has 0 aromatic heterocycles. The van der Waals surface area contributed by atoms with E-state index in [0.717, 1.165) is 13.0 Å². The maximum atomic E-state index is 14.4. The van der Waals surface area contributed by atoms with Crippen LogP contribution >= 0.6 is 0 Å². The van der Waals surface area contributed by atoms with Crippen molar-refractivity contribution in [2.45, 2.75) is 198 Å². The van der Waals surface area contributed by atoms with Crippen LogP contribution in [0.5, 0.6) is 0 Å². The molecule has 0 radical (unpaired) electrons. The first-order chi connectivity index (χ1) is 26.5. The summed E-state index contributed by atoms with van der Waals surface area (Å²) in [6.07, 6.45) is -5.77. The van der Waals surface area contributed by atoms with Crippen molar-refractivity contribution in [1.29, 1.82) is 0 Å². The summed E-state index contributed by atoms with van der Waals surface area (Å²) in [7, 11) is 5.46. The Hall–Kier alpha value is -1.05. The number of methoxy groups -OCH3 is 1. The van der Waals surface area contributed by atoms with Gasteiger partial charge in [0, 0.05) is 44.6 Å². The van der Waals surface area contributed by atoms with Crippen LogP contribution in [0.4, 0.5) is 0 Å². The molecule has 0 aliphatic carbocycles. The number of ether oxygens (including phenoxy) is 7. The van der Waals surface area contributed by atoms with E-state index in [1.54, 1.807) is 34.8 Å². The van der Waals surface area contributed by atoms with Gasteiger partial charge in [-0.05, 0) is 101 Å². The summed E-state index contributed by atoms with van der Waals surface area (Å²) in [5.41, 5.74) is -4.96. The molecule has 0 amide bonds. The lowest BCUT2D eigenvalue weighted by Crippen LogP contribution is -2.68. The number of hydrogen-bond acceptors (Lipinski definition) is 15. The van der Waals surface area contributed by atoms with Crippen LogP contribution in [0.1, 0.15) is 108 Å². The Kier molecular flexibility index (Phi) is 16.5. The number of cyclic esters (lactones) is 1. The summed E-state index contributed by atoms with van der Waals surface area (Å²) in [5, 5.41) is 50.7. The van der Waals surface area contributed by atoms with E-state index in [9.17, 15) is 25.2 Å². The van der Waals surface area contributed by atoms with Gasteiger partial charge in [0.05, 0.1) is 35.9 Å². The lowest BCUT2D eigenvalue weighted by Gasteiger charge is -2.54. The molecule has 4 aliphatic rings. The zero-order valence-corrected chi connectivity index (χ0v) is 37.4. The number of hydrogen-bond donors (Lipinski definition) is 5. The van der Waals surface area contributed by atoms with E-state index in [0.29, 0.717) is 26.2 Å². The second-order valence-corrected chi connectivity index (χ2v) is 18.8. The van der Waals surface area contributed by atoms with Crippen LogP contribution in [0.2, 0.25) is 0 Å². The van der Waals surface area contributed by atoms with Gasteiger partial charge in [-0.3, -0.25) is 9.69 Å². The second-order valence-electron chi connectivity index (χ2n) is 18.8. The third-order valence-electron chi connectivity index (χ3n) is 13.7. The number of rotatable bonds is 9. The van der Waals surface area contributed by atoms with Crippen LogP contribution in [0.3, 0.4) is 0 Å². The minimum absolute atomic E-state index is 0.148. The predicted molar refractivity (Wildman–Crippen MR) is 214 cm³/mol. The highest BCUT2D eigenvalue weighted by molar-refractivity contribution is 5.73. The zero-order chi connectivity index (χ0) is 42.8. The summed E-state index contributed by atoms with van der Waals surface area (Å²) >= 11 is 0. The van der Waals surface area contributed by atoms with E-state index in [2.05, 4.69) is 17.1 Å². The second kappa shape index (κ2) is 19.3. The van der Waals surface area contributed by atoms with Crippen LogP contribution in [0, 0.1) is 17.8 Å². The normalized spacial score (nSPS) is 48.8. The first-order valence-corrected chi connectivity index (χ1v) is 21.4. The molecule has 4 saturated heterocycles. The third kappa shape index (κ3) is 10.4. The molecule has 15 heteroatoms. The van der Waals surface area contributed by atoms with E-state index >= 15 is 0 Å². The molecule has 0 aromatic rings. The van der Waals surface area contributed by atoms with E-state index in [4.69, 9.17) is 33.2 Å². The SMILES string of the molecule is CCCN1CO[C@@]2(C1)[C@H](C)OC(O[C@H]1[C@H](C)[C@@H](OC3O[C@H](C)C[C@H](N(C)C)[C@H]3O)C(C)(O)C[C@@H](C)CN[C@H](C)[C@@H](O)[C@](C)(O)[C@@H](CC)OC(=O)[C@@H]1C)C[C@@]2(C)OC. The number of aliphatic hydroxyl groups is 4. The van der Waals surface area contributed by atoms with Crippen molar-refractivity contribution in [1.82, 2.24) is 15.1 Å². The topological polar surface area (TPSA) is 181 Å². The van der Waals surface area contributed by atoms with E-state index in [1.807, 2.05) is 53.6 Å². The molecule has 0 aromatic carbocycles. The van der Waals surface area contributed by atoms with Gasteiger partial charge >= 0.3 is 5.97 Å². The molecule has 4 fully saturated rings. The number of esters is 1. The van der Waals surface area contributed by atoms with Crippen LogP contribution in [0.15, 0.2) is 0 Å². The zero-order valence-electron chi connectivity index (χ0n) is 37.4. The maximum Gasteiger partial charge on any atom is 0.311 e. The molecule has 4 rings (SSSR count). The molecule has 15 nitrogen and oxygen atoms in total. The molecule has 1 spiro atoms. The standard InChI is InChI=1S/C42H79N3O12/c1-15-17-45-22-42(52-23-45)29(8)54-32(20-40(42,10)51-14)56-34-26(5)36(57-38-33(46)30(44(12)13)18-25(4)53-38)39(9,49)19-24(3)21-43-28(7)35(47)41(11,50)31(16-2)55-37(48)27(34)6/h24-36,38,43,46-47,49-50H,15-23H2,1-14H3/t24-,25-,26+,27-,28-,29+,30+,31-,32?,33-,34+,35-,36-,38?,39?,40-,41-,42+/m1/s1. The number of carbonyl (C=O) groups is 1. The third-order valence-corrected chi connectivity index (χ3v) is 13.7. The minimum atomic E-state index is -1.79. The van der Waals surface area contributed by atoms with Gasteiger partial charge in [0.2, 0.25) is 0 Å². The van der Waals surface area contributed by atoms with Gasteiger partial charge in [-0.1, -0.05) is 27.7 Å². The largest absolute Gasteiger partial charge is 0.459 e. The molecule has 0 bridgehead atoms. The molecular weight excluding hydrogens is 738 g/mol. The van der Waals surface area contributed by atoms with Gasteiger partial charge < -0.3 is 63.8 Å². The van der Waals surface area contributed by atoms with E-state index < -0.39 is 95.5 Å². The van der Waals surface area contributed by atoms with Gasteiger partial charge in [0.15, 0.2) is 12.6 Å². The summed E-state index contributed by atoms with van der Waals surface area (Å²) in [4.78, 5) is 18.6. The quantitative estimate of drug-likeness (QED) is 0.214. The summed E-state index contributed by atoms with van der Waals surface area (Å²) in [6.45, 7) is 22.6. The number of carbonyl (C=O) groups excluding carboxylic acids is 1. The highest BCUT2D eigenvalue weighted by Crippen LogP contribution is 2.47. The fraction of sp³-hybridized carbons (Fsp3) is 0.976. The Bertz CT molecular complexity index is 1290. The number of aliphatic hydroxyl groups excluding tert-OH is 2. The minimum Gasteiger partial charge on any atom is -0.459 e. The fourth-order valence-corrected chi connectivity index (χ4v) is 10.1. The molecule has 57 heavy (non-hydrogen) atoms. The predicted octanol–water partition coefficient (Wildman–Crippen LogP) is 2.64. The van der Waals surface area contributed by atoms with Crippen molar-refractivity contribution in [2.24, 2.45) is 17.8 Å². The molecule has 5 N–H and O–H groups in total. The first-order valence-electron chi connectivity index (χ1n) is 21.4. The van der Waals surface area contributed by atoms with Crippen LogP contribution in [0.25, 0.3) is 0 Å². The lowest BCUT2D eigenvalue weighted by atomic mass is 9.75. The van der Waals surface area contributed by atoms with Crippen molar-refractivity contribution < 1.29 is 58.4 Å². The Morgan fingerprint density at radius 1 is 0.982 bits per heavy atom. The van der Waals surface area contributed by atoms with Crippen molar-refractivity contribution in [3.8, 4) is 0 Å². The van der Waals surface area contributed by atoms with E-state index in [-0.39, 0.29) is 37.3 Å². The highest BCUT2D eigenvalue weighted by Gasteiger charge is 2.62. The smallest absolute Gasteiger partial charge is 0.311 e. The Morgan fingerprint density at radius 3 is 2.25 bits per heavy atom. The molecule has 334 valence electrons. The molecule has 3 unspecified atom stereocenters. The maximum absolute atomic E-state index is 14.4. The summed E-state index contributed by atoms with van der Waals surface area (Å²) in [6, 6.07) is -0.846. The fourth-order valence-electron chi connectivity index (χ4n) is 10.1. The average Bonchev–Trinajstić information content (AvgIpc) is 3.58. The number of nitrogens with one attached hydrogen (secondary N) is 1. The van der Waals surface area contributed by atoms with Gasteiger partial charge in [-0.25, -0.2) is 0 Å². The Balaban J connectivity index is 1.79. The monoisotopic (exact) mass is 818 g/mol. The van der Waals surface area contributed by atoms with Crippen LogP contribution in [-0.4, -0.2) is 174 Å². The van der Waals surface area contributed by atoms with Crippen molar-refractivity contribution in [3.63, 3.8) is 0 Å². The highest BCUT2D eigenvalue weighted by atomic mass is 16.7. The van der Waals surface area contributed by atoms with E-state index in [1.165, 1.54) is 6.92 Å². The molecule has 4 heterocycles. The molecule has 4 aliphatic heterocycles. The van der Waals surface area contributed by atoms with Crippen molar-refractivity contribution in [3.05, 3.63) is 0 Å². The first kappa shape index (κ1) is 48.6. The van der Waals surface area contributed by atoms with Gasteiger partial charge in [-0.2, -0.15) is 0 Å². The molecular formula is C42H79N3O12. The summed E-state index contributed by atoms with van der Waals surface area (Å²) in [5.74, 6) is -2.52. The summed E-state index contributed by atoms with van der Waals surface area (Å²) < 4.78 is 45.6. The lowest BCUT2D eigenvalue weighted by molar-refractivity contribution is -0.335. The van der Waals surface area contributed by atoms with Gasteiger partial charge in [0.1, 0.15) is 41.8 Å². The Morgan fingerprint density at radius 2 is 1.65 bits per heavy atom. The molecule has 18 atom stereocenters. The van der Waals surface area contributed by atoms with Crippen LogP contribution in [-0.2, 0) is 38.0 Å². The average molecular weight is 818 g/mol. The van der Waals surface area contributed by atoms with Gasteiger partial charge in [0.25, 0.3) is 0 Å². The number of nitrogens with zero attached hydrogens (tertiary/aromatic N) is 2. The van der Waals surface area contributed by atoms with Crippen LogP contribution < -0.4 is 5.32 Å². The Labute approximate surface area is 342 Å². The van der Waals surface area contributed by atoms with Gasteiger partial charge in [-0.15, -0.1) is 0 Å². The van der Waals surface area contributed by atoms with Crippen molar-refractivity contribution >= 4 is 5.97 Å².